The van der Waals surface area contributed by atoms with E-state index in [-0.39, 0.29) is 11.9 Å². The number of nitrogens with zero attached hydrogens (tertiary/aromatic N) is 4. The molecule has 0 saturated carbocycles. The molecule has 0 spiro atoms. The van der Waals surface area contributed by atoms with Crippen molar-refractivity contribution in [1.82, 2.24) is 25.0 Å². The first-order valence-corrected chi connectivity index (χ1v) is 10.5. The quantitative estimate of drug-likeness (QED) is 0.473. The van der Waals surface area contributed by atoms with Gasteiger partial charge in [0, 0.05) is 24.5 Å². The molecule has 0 radical (unpaired) electrons. The van der Waals surface area contributed by atoms with Crippen LogP contribution in [0.5, 0.6) is 0 Å². The van der Waals surface area contributed by atoms with Crippen LogP contribution < -0.4 is 21.7 Å². The molecule has 0 fully saturated rings. The first kappa shape index (κ1) is 21.5. The van der Waals surface area contributed by atoms with E-state index in [9.17, 15) is 4.79 Å². The topological polar surface area (TPSA) is 113 Å². The summed E-state index contributed by atoms with van der Waals surface area (Å²) in [5.41, 5.74) is 11.0. The molecule has 4 rings (SSSR count). The van der Waals surface area contributed by atoms with E-state index in [0.717, 1.165) is 42.0 Å². The van der Waals surface area contributed by atoms with Crippen LogP contribution in [0.25, 0.3) is 5.57 Å². The fourth-order valence-electron chi connectivity index (χ4n) is 3.52. The largest absolute Gasteiger partial charge is 0.368 e. The first-order valence-electron chi connectivity index (χ1n) is 10.5. The maximum atomic E-state index is 12.7. The molecule has 9 heteroatoms. The van der Waals surface area contributed by atoms with E-state index in [1.807, 2.05) is 62.6 Å². The van der Waals surface area contributed by atoms with Gasteiger partial charge in [-0.2, -0.15) is 4.98 Å². The summed E-state index contributed by atoms with van der Waals surface area (Å²) < 4.78 is 1.05. The number of hydrogen-bond donors (Lipinski definition) is 4. The molecule has 3 aromatic rings. The zero-order valence-corrected chi connectivity index (χ0v) is 18.3. The average molecular weight is 433 g/mol. The van der Waals surface area contributed by atoms with Crippen molar-refractivity contribution in [1.29, 1.82) is 0 Å². The van der Waals surface area contributed by atoms with Crippen LogP contribution in [0.3, 0.4) is 0 Å². The number of nitrogens with one attached hydrogen (secondary N) is 3. The SMILES string of the molecule is CN(C)Cc1ccc(Nc2nc(N)n(C(=O)Nc3ccc(C4=CCCNC4)cc3)n2)cc1. The lowest BCUT2D eigenvalue weighted by molar-refractivity contribution is 0.251. The lowest BCUT2D eigenvalue weighted by Gasteiger charge is -2.14. The van der Waals surface area contributed by atoms with Crippen LogP contribution in [-0.2, 0) is 6.54 Å². The molecule has 166 valence electrons. The molecule has 1 aliphatic heterocycles. The summed E-state index contributed by atoms with van der Waals surface area (Å²) in [7, 11) is 4.05. The number of nitrogen functional groups attached to an aromatic ring is 1. The Kier molecular flexibility index (Phi) is 6.48. The summed E-state index contributed by atoms with van der Waals surface area (Å²) in [6, 6.07) is 15.2. The molecule has 5 N–H and O–H groups in total. The number of benzene rings is 2. The minimum absolute atomic E-state index is 0.00397. The van der Waals surface area contributed by atoms with Gasteiger partial charge < -0.3 is 26.6 Å². The Morgan fingerprint density at radius 3 is 2.50 bits per heavy atom. The third-order valence-electron chi connectivity index (χ3n) is 5.07. The van der Waals surface area contributed by atoms with Crippen molar-refractivity contribution < 1.29 is 4.79 Å². The molecular weight excluding hydrogens is 404 g/mol. The molecule has 1 amide bonds. The van der Waals surface area contributed by atoms with Gasteiger partial charge in [0.1, 0.15) is 0 Å². The summed E-state index contributed by atoms with van der Waals surface area (Å²) in [5, 5.41) is 13.4. The Balaban J connectivity index is 1.39. The van der Waals surface area contributed by atoms with Crippen LogP contribution in [0.4, 0.5) is 28.1 Å². The Bertz CT molecular complexity index is 1100. The van der Waals surface area contributed by atoms with Gasteiger partial charge in [0.15, 0.2) is 0 Å². The number of nitrogens with two attached hydrogens (primary N) is 1. The lowest BCUT2D eigenvalue weighted by Crippen LogP contribution is -2.22. The molecule has 0 aliphatic carbocycles. The fraction of sp³-hybridized carbons (Fsp3) is 0.261. The van der Waals surface area contributed by atoms with Gasteiger partial charge >= 0.3 is 6.03 Å². The predicted octanol–water partition coefficient (Wildman–Crippen LogP) is 3.12. The average Bonchev–Trinajstić information content (AvgIpc) is 3.16. The molecule has 9 nitrogen and oxygen atoms in total. The monoisotopic (exact) mass is 432 g/mol. The van der Waals surface area contributed by atoms with E-state index in [0.29, 0.717) is 5.69 Å². The van der Waals surface area contributed by atoms with Crippen molar-refractivity contribution >= 4 is 34.9 Å². The second kappa shape index (κ2) is 9.63. The molecule has 0 unspecified atom stereocenters. The summed E-state index contributed by atoms with van der Waals surface area (Å²) in [6.45, 7) is 2.72. The van der Waals surface area contributed by atoms with Gasteiger partial charge in [-0.1, -0.05) is 30.3 Å². The zero-order valence-electron chi connectivity index (χ0n) is 18.3. The predicted molar refractivity (Wildman–Crippen MR) is 128 cm³/mol. The number of hydrogen-bond acceptors (Lipinski definition) is 7. The van der Waals surface area contributed by atoms with Crippen LogP contribution >= 0.6 is 0 Å². The summed E-state index contributed by atoms with van der Waals surface area (Å²) in [5.74, 6) is 0.259. The van der Waals surface area contributed by atoms with E-state index >= 15 is 0 Å². The molecule has 2 heterocycles. The Hall–Kier alpha value is -3.69. The number of carbonyl (C=O) groups excluding carboxylic acids is 1. The van der Waals surface area contributed by atoms with Gasteiger partial charge in [-0.15, -0.1) is 9.78 Å². The van der Waals surface area contributed by atoms with Gasteiger partial charge in [0.05, 0.1) is 0 Å². The number of rotatable bonds is 6. The molecule has 32 heavy (non-hydrogen) atoms. The number of amides is 1. The summed E-state index contributed by atoms with van der Waals surface area (Å²) >= 11 is 0. The van der Waals surface area contributed by atoms with Crippen molar-refractivity contribution in [2.45, 2.75) is 13.0 Å². The zero-order chi connectivity index (χ0) is 22.5. The summed E-state index contributed by atoms with van der Waals surface area (Å²) in [4.78, 5) is 18.9. The number of aromatic nitrogens is 3. The second-order valence-electron chi connectivity index (χ2n) is 7.97. The maximum absolute atomic E-state index is 12.7. The van der Waals surface area contributed by atoms with Crippen LogP contribution in [0.1, 0.15) is 17.5 Å². The van der Waals surface area contributed by atoms with E-state index < -0.39 is 6.03 Å². The molecular formula is C23H28N8O. The van der Waals surface area contributed by atoms with Crippen molar-refractivity contribution in [3.63, 3.8) is 0 Å². The normalized spacial score (nSPS) is 13.7. The maximum Gasteiger partial charge on any atom is 0.349 e. The van der Waals surface area contributed by atoms with Gasteiger partial charge in [0.25, 0.3) is 0 Å². The van der Waals surface area contributed by atoms with E-state index in [2.05, 4.69) is 37.0 Å². The highest BCUT2D eigenvalue weighted by molar-refractivity contribution is 5.92. The summed E-state index contributed by atoms with van der Waals surface area (Å²) in [6.07, 6.45) is 3.26. The van der Waals surface area contributed by atoms with Gasteiger partial charge in [-0.3, -0.25) is 0 Å². The highest BCUT2D eigenvalue weighted by Gasteiger charge is 2.15. The Morgan fingerprint density at radius 1 is 1.12 bits per heavy atom. The molecule has 0 atom stereocenters. The van der Waals surface area contributed by atoms with Crippen LogP contribution in [0.15, 0.2) is 54.6 Å². The minimum atomic E-state index is -0.476. The molecule has 0 saturated heterocycles. The standard InChI is InChI=1S/C23H28N8O/c1-30(2)15-16-5-9-19(10-6-16)26-22-28-21(24)31(29-22)23(32)27-20-11-7-17(8-12-20)18-4-3-13-25-14-18/h4-12,25H,3,13-15H2,1-2H3,(H,27,32)(H3,24,26,28,29). The number of carbonyl (C=O) groups is 1. The highest BCUT2D eigenvalue weighted by Crippen LogP contribution is 2.20. The third-order valence-corrected chi connectivity index (χ3v) is 5.07. The van der Waals surface area contributed by atoms with Crippen LogP contribution in [-0.4, -0.2) is 52.9 Å². The van der Waals surface area contributed by atoms with Gasteiger partial charge in [0.2, 0.25) is 11.9 Å². The van der Waals surface area contributed by atoms with E-state index in [1.165, 1.54) is 11.1 Å². The molecule has 1 aliphatic rings. The van der Waals surface area contributed by atoms with Crippen molar-refractivity contribution in [2.24, 2.45) is 0 Å². The van der Waals surface area contributed by atoms with Crippen LogP contribution in [0, 0.1) is 0 Å². The highest BCUT2D eigenvalue weighted by atomic mass is 16.2. The van der Waals surface area contributed by atoms with E-state index in [4.69, 9.17) is 5.73 Å². The van der Waals surface area contributed by atoms with Crippen molar-refractivity contribution in [3.8, 4) is 0 Å². The smallest absolute Gasteiger partial charge is 0.349 e. The number of anilines is 4. The Morgan fingerprint density at radius 2 is 1.84 bits per heavy atom. The van der Waals surface area contributed by atoms with Gasteiger partial charge in [-0.25, -0.2) is 4.79 Å². The van der Waals surface area contributed by atoms with Crippen molar-refractivity contribution in [2.75, 3.05) is 43.6 Å². The Labute approximate surface area is 187 Å². The fourth-order valence-corrected chi connectivity index (χ4v) is 3.52. The molecule has 0 bridgehead atoms. The first-order chi connectivity index (χ1) is 15.5. The van der Waals surface area contributed by atoms with E-state index in [1.54, 1.807) is 0 Å². The van der Waals surface area contributed by atoms with Crippen LogP contribution in [0.2, 0.25) is 0 Å². The van der Waals surface area contributed by atoms with Crippen molar-refractivity contribution in [3.05, 3.63) is 65.7 Å². The van der Waals surface area contributed by atoms with Gasteiger partial charge in [-0.05, 0) is 68.0 Å². The second-order valence-corrected chi connectivity index (χ2v) is 7.97. The lowest BCUT2D eigenvalue weighted by atomic mass is 10.0. The molecule has 1 aromatic heterocycles. The third kappa shape index (κ3) is 5.32. The molecule has 2 aromatic carbocycles. The minimum Gasteiger partial charge on any atom is -0.368 e.